The van der Waals surface area contributed by atoms with E-state index in [4.69, 9.17) is 4.74 Å². The van der Waals surface area contributed by atoms with Gasteiger partial charge in [-0.25, -0.2) is 9.78 Å². The maximum absolute atomic E-state index is 13.2. The molecule has 0 unspecified atom stereocenters. The molecule has 7 nitrogen and oxygen atoms in total. The lowest BCUT2D eigenvalue weighted by atomic mass is 9.98. The highest BCUT2D eigenvalue weighted by Crippen LogP contribution is 2.23. The van der Waals surface area contributed by atoms with Gasteiger partial charge < -0.3 is 20.3 Å². The zero-order valence-corrected chi connectivity index (χ0v) is 20.8. The molecule has 3 aromatic carbocycles. The summed E-state index contributed by atoms with van der Waals surface area (Å²) in [5.41, 5.74) is 2.99. The van der Waals surface area contributed by atoms with Crippen LogP contribution in [0.1, 0.15) is 32.7 Å². The normalized spacial score (nSPS) is 10.7. The third kappa shape index (κ3) is 6.78. The number of carbonyl (C=O) groups excluding carboxylic acids is 2. The number of nitrogens with one attached hydrogen (secondary N) is 2. The molecule has 0 aliphatic carbocycles. The molecule has 0 saturated heterocycles. The van der Waals surface area contributed by atoms with E-state index in [1.807, 2.05) is 91.0 Å². The number of carbonyl (C=O) groups is 2. The van der Waals surface area contributed by atoms with Crippen LogP contribution in [0.3, 0.4) is 0 Å². The zero-order chi connectivity index (χ0) is 25.2. The van der Waals surface area contributed by atoms with Crippen molar-refractivity contribution < 1.29 is 14.3 Å². The highest BCUT2D eigenvalue weighted by atomic mass is 32.1. The van der Waals surface area contributed by atoms with Gasteiger partial charge in [0.05, 0.1) is 19.2 Å². The van der Waals surface area contributed by atoms with Crippen molar-refractivity contribution in [1.29, 1.82) is 0 Å². The van der Waals surface area contributed by atoms with Gasteiger partial charge in [-0.2, -0.15) is 0 Å². The lowest BCUT2D eigenvalue weighted by Crippen LogP contribution is -2.37. The summed E-state index contributed by atoms with van der Waals surface area (Å²) in [6, 6.07) is 28.4. The van der Waals surface area contributed by atoms with Gasteiger partial charge in [0.2, 0.25) is 0 Å². The Morgan fingerprint density at radius 3 is 2.08 bits per heavy atom. The van der Waals surface area contributed by atoms with Crippen molar-refractivity contribution in [3.8, 4) is 0 Å². The van der Waals surface area contributed by atoms with Crippen molar-refractivity contribution in [2.24, 2.45) is 0 Å². The van der Waals surface area contributed by atoms with Crippen molar-refractivity contribution in [3.63, 3.8) is 0 Å². The summed E-state index contributed by atoms with van der Waals surface area (Å²) in [5, 5.41) is 8.39. The first-order valence-electron chi connectivity index (χ1n) is 11.6. The summed E-state index contributed by atoms with van der Waals surface area (Å²) < 4.78 is 5.18. The number of ether oxygens (including phenoxy) is 1. The lowest BCUT2D eigenvalue weighted by molar-refractivity contribution is 0.0938. The Labute approximate surface area is 214 Å². The second-order valence-electron chi connectivity index (χ2n) is 8.06. The maximum atomic E-state index is 13.2. The van der Waals surface area contributed by atoms with E-state index in [0.717, 1.165) is 11.1 Å². The molecular formula is C28H28N4O3S. The fraction of sp³-hybridized carbons (Fsp3) is 0.179. The van der Waals surface area contributed by atoms with Gasteiger partial charge in [0.1, 0.15) is 10.7 Å². The van der Waals surface area contributed by atoms with E-state index in [-0.39, 0.29) is 24.5 Å². The van der Waals surface area contributed by atoms with Gasteiger partial charge in [-0.05, 0) is 23.3 Å². The SMILES string of the molecule is COCCN(Cc1nc(C(=O)NC(c2ccccc2)c2ccccc2)cs1)C(=O)Nc1ccccc1. The molecule has 0 bridgehead atoms. The summed E-state index contributed by atoms with van der Waals surface area (Å²) in [7, 11) is 1.59. The third-order valence-electron chi connectivity index (χ3n) is 5.53. The molecule has 0 atom stereocenters. The third-order valence-corrected chi connectivity index (χ3v) is 6.36. The second kappa shape index (κ2) is 12.6. The Morgan fingerprint density at radius 2 is 1.50 bits per heavy atom. The van der Waals surface area contributed by atoms with Crippen LogP contribution in [0.5, 0.6) is 0 Å². The Balaban J connectivity index is 1.46. The number of hydrogen-bond donors (Lipinski definition) is 2. The maximum Gasteiger partial charge on any atom is 0.322 e. The molecule has 0 aliphatic rings. The highest BCUT2D eigenvalue weighted by molar-refractivity contribution is 7.09. The number of methoxy groups -OCH3 is 1. The van der Waals surface area contributed by atoms with Gasteiger partial charge in [-0.3, -0.25) is 4.79 Å². The minimum atomic E-state index is -0.306. The second-order valence-corrected chi connectivity index (χ2v) is 9.01. The van der Waals surface area contributed by atoms with Gasteiger partial charge in [-0.1, -0.05) is 78.9 Å². The molecule has 36 heavy (non-hydrogen) atoms. The van der Waals surface area contributed by atoms with E-state index in [0.29, 0.717) is 29.5 Å². The van der Waals surface area contributed by atoms with Crippen molar-refractivity contribution in [2.45, 2.75) is 12.6 Å². The molecular weight excluding hydrogens is 472 g/mol. The van der Waals surface area contributed by atoms with E-state index >= 15 is 0 Å². The highest BCUT2D eigenvalue weighted by Gasteiger charge is 2.21. The molecule has 1 aromatic heterocycles. The van der Waals surface area contributed by atoms with Crippen LogP contribution in [0.4, 0.5) is 10.5 Å². The number of nitrogens with zero attached hydrogens (tertiary/aromatic N) is 2. The van der Waals surface area contributed by atoms with Crippen LogP contribution in [0.2, 0.25) is 0 Å². The van der Waals surface area contributed by atoms with E-state index < -0.39 is 0 Å². The number of para-hydroxylation sites is 1. The predicted octanol–water partition coefficient (Wildman–Crippen LogP) is 5.34. The molecule has 1 heterocycles. The van der Waals surface area contributed by atoms with Crippen LogP contribution in [0, 0.1) is 0 Å². The Morgan fingerprint density at radius 1 is 0.917 bits per heavy atom. The first kappa shape index (κ1) is 25.1. The van der Waals surface area contributed by atoms with Gasteiger partial charge in [0.25, 0.3) is 5.91 Å². The smallest absolute Gasteiger partial charge is 0.322 e. The van der Waals surface area contributed by atoms with Crippen molar-refractivity contribution in [3.05, 3.63) is 118 Å². The minimum Gasteiger partial charge on any atom is -0.383 e. The van der Waals surface area contributed by atoms with Crippen molar-refractivity contribution in [1.82, 2.24) is 15.2 Å². The predicted molar refractivity (Wildman–Crippen MR) is 142 cm³/mol. The molecule has 4 aromatic rings. The quantitative estimate of drug-likeness (QED) is 0.308. The van der Waals surface area contributed by atoms with Crippen LogP contribution in [-0.2, 0) is 11.3 Å². The lowest BCUT2D eigenvalue weighted by Gasteiger charge is -2.22. The van der Waals surface area contributed by atoms with Crippen LogP contribution in [0.25, 0.3) is 0 Å². The fourth-order valence-corrected chi connectivity index (χ4v) is 4.47. The number of aromatic nitrogens is 1. The molecule has 0 fully saturated rings. The van der Waals surface area contributed by atoms with Gasteiger partial charge in [-0.15, -0.1) is 11.3 Å². The Bertz CT molecular complexity index is 1210. The molecule has 184 valence electrons. The monoisotopic (exact) mass is 500 g/mol. The molecule has 0 aliphatic heterocycles. The summed E-state index contributed by atoms with van der Waals surface area (Å²) in [6.45, 7) is 1.04. The Kier molecular flexibility index (Phi) is 8.80. The summed E-state index contributed by atoms with van der Waals surface area (Å²) in [4.78, 5) is 32.2. The number of rotatable bonds is 10. The zero-order valence-electron chi connectivity index (χ0n) is 20.0. The first-order chi connectivity index (χ1) is 17.6. The first-order valence-corrected chi connectivity index (χ1v) is 12.5. The molecule has 4 rings (SSSR count). The van der Waals surface area contributed by atoms with E-state index in [1.165, 1.54) is 11.3 Å². The average molecular weight is 501 g/mol. The van der Waals surface area contributed by atoms with Crippen LogP contribution < -0.4 is 10.6 Å². The fourth-order valence-electron chi connectivity index (χ4n) is 3.68. The van der Waals surface area contributed by atoms with E-state index in [1.54, 1.807) is 17.4 Å². The van der Waals surface area contributed by atoms with Gasteiger partial charge in [0, 0.05) is 24.7 Å². The molecule has 3 amide bonds. The van der Waals surface area contributed by atoms with Crippen LogP contribution in [-0.4, -0.2) is 42.1 Å². The summed E-state index contributed by atoms with van der Waals surface area (Å²) in [5.74, 6) is -0.271. The Hall–Kier alpha value is -4.01. The van der Waals surface area contributed by atoms with Crippen LogP contribution >= 0.6 is 11.3 Å². The number of benzene rings is 3. The summed E-state index contributed by atoms with van der Waals surface area (Å²) >= 11 is 1.35. The number of urea groups is 1. The van der Waals surface area contributed by atoms with Gasteiger partial charge >= 0.3 is 6.03 Å². The molecule has 2 N–H and O–H groups in total. The van der Waals surface area contributed by atoms with Crippen molar-refractivity contribution in [2.75, 3.05) is 25.6 Å². The van der Waals surface area contributed by atoms with Crippen molar-refractivity contribution >= 4 is 29.0 Å². The number of amides is 3. The largest absolute Gasteiger partial charge is 0.383 e. The minimum absolute atomic E-state index is 0.257. The molecule has 0 radical (unpaired) electrons. The molecule has 0 saturated carbocycles. The number of hydrogen-bond acceptors (Lipinski definition) is 5. The standard InChI is InChI=1S/C28H28N4O3S/c1-35-18-17-32(28(34)29-23-15-9-4-10-16-23)19-25-30-24(20-36-25)27(33)31-26(21-11-5-2-6-12-21)22-13-7-3-8-14-22/h2-16,20,26H,17-19H2,1H3,(H,29,34)(H,31,33). The van der Waals surface area contributed by atoms with E-state index in [2.05, 4.69) is 15.6 Å². The van der Waals surface area contributed by atoms with Gasteiger partial charge in [0.15, 0.2) is 0 Å². The number of thiazole rings is 1. The van der Waals surface area contributed by atoms with Crippen LogP contribution in [0.15, 0.2) is 96.4 Å². The molecule has 0 spiro atoms. The van der Waals surface area contributed by atoms with E-state index in [9.17, 15) is 9.59 Å². The topological polar surface area (TPSA) is 83.6 Å². The average Bonchev–Trinajstić information content (AvgIpc) is 3.40. The summed E-state index contributed by atoms with van der Waals surface area (Å²) in [6.07, 6.45) is 0. The molecule has 8 heteroatoms. The number of anilines is 1.